The standard InChI is InChI=1S/C15H19N3/c1-11-14(10-17-18(11)2)9-16-15-7-12-5-3-4-6-13(12)8-15/h3-6,10,15-16H,7-9H2,1-2H3. The number of fused-ring (bicyclic) bond motifs is 1. The monoisotopic (exact) mass is 241 g/mol. The summed E-state index contributed by atoms with van der Waals surface area (Å²) in [6, 6.07) is 9.32. The number of nitrogens with zero attached hydrogens (tertiary/aromatic N) is 2. The number of rotatable bonds is 3. The Morgan fingerprint density at radius 1 is 1.28 bits per heavy atom. The van der Waals surface area contributed by atoms with Gasteiger partial charge in [0.25, 0.3) is 0 Å². The average Bonchev–Trinajstić information content (AvgIpc) is 2.92. The molecule has 0 aliphatic heterocycles. The molecule has 94 valence electrons. The molecule has 0 spiro atoms. The van der Waals surface area contributed by atoms with Crippen molar-refractivity contribution in [2.45, 2.75) is 32.4 Å². The van der Waals surface area contributed by atoms with Gasteiger partial charge in [0.15, 0.2) is 0 Å². The Hall–Kier alpha value is -1.61. The van der Waals surface area contributed by atoms with Gasteiger partial charge in [-0.1, -0.05) is 24.3 Å². The minimum atomic E-state index is 0.571. The van der Waals surface area contributed by atoms with Gasteiger partial charge in [0.05, 0.1) is 6.20 Å². The second-order valence-corrected chi connectivity index (χ2v) is 5.13. The first kappa shape index (κ1) is 11.5. The summed E-state index contributed by atoms with van der Waals surface area (Å²) in [5.41, 5.74) is 5.54. The Balaban J connectivity index is 1.62. The molecule has 3 nitrogen and oxygen atoms in total. The van der Waals surface area contributed by atoms with Crippen LogP contribution >= 0.6 is 0 Å². The van der Waals surface area contributed by atoms with Crippen LogP contribution in [0.15, 0.2) is 30.5 Å². The van der Waals surface area contributed by atoms with E-state index in [9.17, 15) is 0 Å². The van der Waals surface area contributed by atoms with Crippen LogP contribution in [0.5, 0.6) is 0 Å². The molecule has 1 N–H and O–H groups in total. The Bertz CT molecular complexity index is 532. The van der Waals surface area contributed by atoms with Crippen LogP contribution in [0.3, 0.4) is 0 Å². The van der Waals surface area contributed by atoms with Crippen molar-refractivity contribution >= 4 is 0 Å². The largest absolute Gasteiger partial charge is 0.309 e. The smallest absolute Gasteiger partial charge is 0.0537 e. The third-order valence-electron chi connectivity index (χ3n) is 3.97. The highest BCUT2D eigenvalue weighted by molar-refractivity contribution is 5.33. The summed E-state index contributed by atoms with van der Waals surface area (Å²) >= 11 is 0. The highest BCUT2D eigenvalue weighted by Gasteiger charge is 2.20. The van der Waals surface area contributed by atoms with E-state index in [0.29, 0.717) is 6.04 Å². The molecular formula is C15H19N3. The third-order valence-corrected chi connectivity index (χ3v) is 3.97. The van der Waals surface area contributed by atoms with Crippen molar-refractivity contribution < 1.29 is 0 Å². The minimum absolute atomic E-state index is 0.571. The molecule has 1 aromatic carbocycles. The molecule has 1 aliphatic carbocycles. The van der Waals surface area contributed by atoms with Crippen LogP contribution in [-0.4, -0.2) is 15.8 Å². The van der Waals surface area contributed by atoms with Gasteiger partial charge in [-0.2, -0.15) is 5.10 Å². The van der Waals surface area contributed by atoms with Gasteiger partial charge in [-0.25, -0.2) is 0 Å². The zero-order chi connectivity index (χ0) is 12.5. The Morgan fingerprint density at radius 3 is 2.50 bits per heavy atom. The Labute approximate surface area is 108 Å². The van der Waals surface area contributed by atoms with Crippen molar-refractivity contribution in [3.05, 3.63) is 52.8 Å². The van der Waals surface area contributed by atoms with Crippen molar-refractivity contribution in [3.63, 3.8) is 0 Å². The van der Waals surface area contributed by atoms with Crippen LogP contribution in [0.2, 0.25) is 0 Å². The molecule has 0 bridgehead atoms. The molecule has 0 saturated heterocycles. The molecule has 1 heterocycles. The predicted octanol–water partition coefficient (Wildman–Crippen LogP) is 1.99. The fraction of sp³-hybridized carbons (Fsp3) is 0.400. The molecule has 2 aromatic rings. The van der Waals surface area contributed by atoms with E-state index in [1.165, 1.54) is 22.4 Å². The molecule has 3 heteroatoms. The first-order chi connectivity index (χ1) is 8.74. The van der Waals surface area contributed by atoms with Gasteiger partial charge < -0.3 is 5.32 Å². The van der Waals surface area contributed by atoms with E-state index in [1.54, 1.807) is 0 Å². The number of nitrogens with one attached hydrogen (secondary N) is 1. The number of hydrogen-bond donors (Lipinski definition) is 1. The summed E-state index contributed by atoms with van der Waals surface area (Å²) in [5.74, 6) is 0. The zero-order valence-corrected chi connectivity index (χ0v) is 11.0. The number of aryl methyl sites for hydroxylation is 1. The lowest BCUT2D eigenvalue weighted by molar-refractivity contribution is 0.531. The first-order valence-electron chi connectivity index (χ1n) is 6.51. The normalized spacial score (nSPS) is 15.0. The van der Waals surface area contributed by atoms with E-state index in [2.05, 4.69) is 41.6 Å². The van der Waals surface area contributed by atoms with Crippen molar-refractivity contribution in [1.82, 2.24) is 15.1 Å². The first-order valence-corrected chi connectivity index (χ1v) is 6.51. The van der Waals surface area contributed by atoms with Gasteiger partial charge in [-0.3, -0.25) is 4.68 Å². The second kappa shape index (κ2) is 4.58. The minimum Gasteiger partial charge on any atom is -0.309 e. The summed E-state index contributed by atoms with van der Waals surface area (Å²) in [4.78, 5) is 0. The summed E-state index contributed by atoms with van der Waals surface area (Å²) in [6.45, 7) is 3.03. The molecule has 0 fully saturated rings. The van der Waals surface area contributed by atoms with Crippen molar-refractivity contribution in [3.8, 4) is 0 Å². The van der Waals surface area contributed by atoms with Crippen LogP contribution < -0.4 is 5.32 Å². The maximum Gasteiger partial charge on any atom is 0.0537 e. The molecule has 0 unspecified atom stereocenters. The molecular weight excluding hydrogens is 222 g/mol. The highest BCUT2D eigenvalue weighted by Crippen LogP contribution is 2.22. The van der Waals surface area contributed by atoms with Gasteiger partial charge in [0, 0.05) is 30.9 Å². The molecule has 18 heavy (non-hydrogen) atoms. The fourth-order valence-corrected chi connectivity index (χ4v) is 2.68. The topological polar surface area (TPSA) is 29.9 Å². The van der Waals surface area contributed by atoms with Crippen LogP contribution in [0.4, 0.5) is 0 Å². The molecule has 3 rings (SSSR count). The lowest BCUT2D eigenvalue weighted by Gasteiger charge is -2.11. The zero-order valence-electron chi connectivity index (χ0n) is 11.0. The van der Waals surface area contributed by atoms with Crippen LogP contribution in [0.25, 0.3) is 0 Å². The third kappa shape index (κ3) is 2.06. The maximum atomic E-state index is 4.28. The maximum absolute atomic E-state index is 4.28. The summed E-state index contributed by atoms with van der Waals surface area (Å²) in [7, 11) is 1.99. The molecule has 1 aromatic heterocycles. The van der Waals surface area contributed by atoms with Crippen molar-refractivity contribution in [1.29, 1.82) is 0 Å². The van der Waals surface area contributed by atoms with Gasteiger partial charge >= 0.3 is 0 Å². The van der Waals surface area contributed by atoms with Crippen LogP contribution in [0.1, 0.15) is 22.4 Å². The summed E-state index contributed by atoms with van der Waals surface area (Å²) < 4.78 is 1.93. The summed E-state index contributed by atoms with van der Waals surface area (Å²) in [6.07, 6.45) is 4.26. The predicted molar refractivity (Wildman–Crippen MR) is 72.4 cm³/mol. The number of aromatic nitrogens is 2. The van der Waals surface area contributed by atoms with Gasteiger partial charge in [0.2, 0.25) is 0 Å². The second-order valence-electron chi connectivity index (χ2n) is 5.13. The number of benzene rings is 1. The number of hydrogen-bond acceptors (Lipinski definition) is 2. The van der Waals surface area contributed by atoms with Crippen molar-refractivity contribution in [2.75, 3.05) is 0 Å². The van der Waals surface area contributed by atoms with Crippen LogP contribution in [-0.2, 0) is 26.4 Å². The van der Waals surface area contributed by atoms with Gasteiger partial charge in [-0.05, 0) is 30.9 Å². The Morgan fingerprint density at radius 2 is 1.94 bits per heavy atom. The lowest BCUT2D eigenvalue weighted by Crippen LogP contribution is -2.29. The highest BCUT2D eigenvalue weighted by atomic mass is 15.3. The quantitative estimate of drug-likeness (QED) is 0.890. The molecule has 0 saturated carbocycles. The van der Waals surface area contributed by atoms with E-state index < -0.39 is 0 Å². The molecule has 0 radical (unpaired) electrons. The fourth-order valence-electron chi connectivity index (χ4n) is 2.68. The SMILES string of the molecule is Cc1c(CNC2Cc3ccccc3C2)cnn1C. The van der Waals surface area contributed by atoms with E-state index >= 15 is 0 Å². The molecule has 0 atom stereocenters. The molecule has 1 aliphatic rings. The van der Waals surface area contributed by atoms with E-state index in [0.717, 1.165) is 19.4 Å². The van der Waals surface area contributed by atoms with Gasteiger partial charge in [0.1, 0.15) is 0 Å². The molecule has 0 amide bonds. The van der Waals surface area contributed by atoms with E-state index in [4.69, 9.17) is 0 Å². The van der Waals surface area contributed by atoms with Crippen LogP contribution in [0, 0.1) is 6.92 Å². The van der Waals surface area contributed by atoms with E-state index in [-0.39, 0.29) is 0 Å². The van der Waals surface area contributed by atoms with Crippen molar-refractivity contribution in [2.24, 2.45) is 7.05 Å². The summed E-state index contributed by atoms with van der Waals surface area (Å²) in [5, 5.41) is 7.92. The lowest BCUT2D eigenvalue weighted by atomic mass is 10.1. The Kier molecular flexibility index (Phi) is 2.92. The van der Waals surface area contributed by atoms with E-state index in [1.807, 2.05) is 17.9 Å². The average molecular weight is 241 g/mol. The van der Waals surface area contributed by atoms with Gasteiger partial charge in [-0.15, -0.1) is 0 Å².